The number of rotatable bonds is 5. The first kappa shape index (κ1) is 13.3. The highest BCUT2D eigenvalue weighted by molar-refractivity contribution is 5.68. The second-order valence-corrected chi connectivity index (χ2v) is 3.43. The van der Waals surface area contributed by atoms with Crippen LogP contribution in [0.2, 0.25) is 0 Å². The third-order valence-corrected chi connectivity index (χ3v) is 2.30. The summed E-state index contributed by atoms with van der Waals surface area (Å²) in [6, 6.07) is 7.13. The molecule has 1 rings (SSSR count). The Morgan fingerprint density at radius 3 is 2.88 bits per heavy atom. The molecule has 3 N–H and O–H groups in total. The standard InChI is InChI=1S/C12H18N2O3/c1-3-17-12(15)14-11(8-13)9-5-4-6-10(7-9)16-2/h4-7,11H,3,8,13H2,1-2H3,(H,14,15). The largest absolute Gasteiger partial charge is 0.497 e. The lowest BCUT2D eigenvalue weighted by Gasteiger charge is -2.17. The minimum absolute atomic E-state index is 0.274. The van der Waals surface area contributed by atoms with Crippen LogP contribution >= 0.6 is 0 Å². The SMILES string of the molecule is CCOC(=O)NC(CN)c1cccc(OC)c1. The van der Waals surface area contributed by atoms with Crippen LogP contribution in [0.25, 0.3) is 0 Å². The van der Waals surface area contributed by atoms with Crippen molar-refractivity contribution in [3.05, 3.63) is 29.8 Å². The molecule has 1 aromatic carbocycles. The number of nitrogens with two attached hydrogens (primary N) is 1. The Kier molecular flexibility index (Phi) is 5.29. The van der Waals surface area contributed by atoms with Crippen LogP contribution in [-0.4, -0.2) is 26.4 Å². The molecule has 0 spiro atoms. The fourth-order valence-corrected chi connectivity index (χ4v) is 1.45. The van der Waals surface area contributed by atoms with Crippen molar-refractivity contribution in [1.29, 1.82) is 0 Å². The van der Waals surface area contributed by atoms with E-state index in [1.807, 2.05) is 24.3 Å². The first-order valence-electron chi connectivity index (χ1n) is 5.48. The van der Waals surface area contributed by atoms with Crippen LogP contribution in [0.4, 0.5) is 4.79 Å². The van der Waals surface area contributed by atoms with Crippen LogP contribution in [-0.2, 0) is 4.74 Å². The first-order valence-corrected chi connectivity index (χ1v) is 5.48. The summed E-state index contributed by atoms with van der Waals surface area (Å²) in [6.45, 7) is 2.38. The van der Waals surface area contributed by atoms with E-state index in [0.717, 1.165) is 11.3 Å². The fourth-order valence-electron chi connectivity index (χ4n) is 1.45. The molecule has 0 heterocycles. The molecule has 1 atom stereocenters. The number of carbonyl (C=O) groups is 1. The number of hydrogen-bond donors (Lipinski definition) is 2. The number of nitrogens with one attached hydrogen (secondary N) is 1. The van der Waals surface area contributed by atoms with Crippen molar-refractivity contribution in [2.24, 2.45) is 5.73 Å². The number of benzene rings is 1. The van der Waals surface area contributed by atoms with Gasteiger partial charge in [-0.15, -0.1) is 0 Å². The minimum atomic E-state index is -0.467. The maximum absolute atomic E-state index is 11.3. The van der Waals surface area contributed by atoms with Crippen molar-refractivity contribution in [1.82, 2.24) is 5.32 Å². The second-order valence-electron chi connectivity index (χ2n) is 3.43. The molecule has 0 fully saturated rings. The van der Waals surface area contributed by atoms with E-state index >= 15 is 0 Å². The highest BCUT2D eigenvalue weighted by Gasteiger charge is 2.13. The molecule has 0 saturated heterocycles. The highest BCUT2D eigenvalue weighted by Crippen LogP contribution is 2.18. The van der Waals surface area contributed by atoms with Gasteiger partial charge >= 0.3 is 6.09 Å². The van der Waals surface area contributed by atoms with E-state index in [0.29, 0.717) is 13.2 Å². The predicted molar refractivity (Wildman–Crippen MR) is 64.9 cm³/mol. The summed E-state index contributed by atoms with van der Waals surface area (Å²) in [5, 5.41) is 2.69. The summed E-state index contributed by atoms with van der Waals surface area (Å²) < 4.78 is 9.93. The molecule has 0 radical (unpaired) electrons. The fraction of sp³-hybridized carbons (Fsp3) is 0.417. The smallest absolute Gasteiger partial charge is 0.407 e. The summed E-state index contributed by atoms with van der Waals surface area (Å²) in [7, 11) is 1.59. The Balaban J connectivity index is 2.74. The number of hydrogen-bond acceptors (Lipinski definition) is 4. The third kappa shape index (κ3) is 3.96. The van der Waals surface area contributed by atoms with Crippen LogP contribution in [0.15, 0.2) is 24.3 Å². The lowest BCUT2D eigenvalue weighted by molar-refractivity contribution is 0.148. The van der Waals surface area contributed by atoms with Crippen LogP contribution in [0.3, 0.4) is 0 Å². The molecule has 17 heavy (non-hydrogen) atoms. The van der Waals surface area contributed by atoms with Gasteiger partial charge in [-0.3, -0.25) is 0 Å². The van der Waals surface area contributed by atoms with Crippen molar-refractivity contribution >= 4 is 6.09 Å². The molecule has 94 valence electrons. The zero-order chi connectivity index (χ0) is 12.7. The Morgan fingerprint density at radius 2 is 2.29 bits per heavy atom. The lowest BCUT2D eigenvalue weighted by Crippen LogP contribution is -2.33. The van der Waals surface area contributed by atoms with E-state index < -0.39 is 6.09 Å². The van der Waals surface area contributed by atoms with E-state index in [2.05, 4.69) is 5.32 Å². The summed E-state index contributed by atoms with van der Waals surface area (Å²) in [5.74, 6) is 0.728. The van der Waals surface area contributed by atoms with Gasteiger partial charge in [0, 0.05) is 6.54 Å². The van der Waals surface area contributed by atoms with Crippen molar-refractivity contribution in [3.8, 4) is 5.75 Å². The number of carbonyl (C=O) groups excluding carboxylic acids is 1. The summed E-state index contributed by atoms with van der Waals surface area (Å²) in [6.07, 6.45) is -0.467. The molecular weight excluding hydrogens is 220 g/mol. The van der Waals surface area contributed by atoms with Gasteiger partial charge in [0.1, 0.15) is 5.75 Å². The summed E-state index contributed by atoms with van der Waals surface area (Å²) >= 11 is 0. The van der Waals surface area contributed by atoms with E-state index in [9.17, 15) is 4.79 Å². The van der Waals surface area contributed by atoms with Crippen molar-refractivity contribution < 1.29 is 14.3 Å². The van der Waals surface area contributed by atoms with Gasteiger partial charge in [0.05, 0.1) is 19.8 Å². The molecule has 0 aliphatic rings. The van der Waals surface area contributed by atoms with Crippen molar-refractivity contribution in [2.75, 3.05) is 20.3 Å². The van der Waals surface area contributed by atoms with E-state index in [1.165, 1.54) is 0 Å². The number of methoxy groups -OCH3 is 1. The Hall–Kier alpha value is -1.75. The molecular formula is C12H18N2O3. The monoisotopic (exact) mass is 238 g/mol. The molecule has 5 heteroatoms. The van der Waals surface area contributed by atoms with Gasteiger partial charge < -0.3 is 20.5 Å². The van der Waals surface area contributed by atoms with Gasteiger partial charge in [-0.05, 0) is 24.6 Å². The lowest BCUT2D eigenvalue weighted by atomic mass is 10.1. The average molecular weight is 238 g/mol. The van der Waals surface area contributed by atoms with Crippen LogP contribution in [0.1, 0.15) is 18.5 Å². The molecule has 5 nitrogen and oxygen atoms in total. The van der Waals surface area contributed by atoms with E-state index in [-0.39, 0.29) is 6.04 Å². The Labute approximate surface area is 101 Å². The van der Waals surface area contributed by atoms with Crippen molar-refractivity contribution in [2.45, 2.75) is 13.0 Å². The summed E-state index contributed by atoms with van der Waals surface area (Å²) in [4.78, 5) is 11.3. The Morgan fingerprint density at radius 1 is 1.53 bits per heavy atom. The van der Waals surface area contributed by atoms with E-state index in [4.69, 9.17) is 15.2 Å². The Bertz CT molecular complexity index is 369. The van der Waals surface area contributed by atoms with Gasteiger partial charge in [0.2, 0.25) is 0 Å². The molecule has 1 amide bonds. The second kappa shape index (κ2) is 6.75. The molecule has 1 aromatic rings. The third-order valence-electron chi connectivity index (χ3n) is 2.30. The predicted octanol–water partition coefficient (Wildman–Crippen LogP) is 1.44. The maximum Gasteiger partial charge on any atom is 0.407 e. The molecule has 0 aliphatic heterocycles. The zero-order valence-electron chi connectivity index (χ0n) is 10.1. The van der Waals surface area contributed by atoms with Gasteiger partial charge in [-0.1, -0.05) is 12.1 Å². The topological polar surface area (TPSA) is 73.6 Å². The number of ether oxygens (including phenoxy) is 2. The van der Waals surface area contributed by atoms with Crippen LogP contribution in [0.5, 0.6) is 5.75 Å². The molecule has 0 bridgehead atoms. The normalized spacial score (nSPS) is 11.7. The average Bonchev–Trinajstić information content (AvgIpc) is 2.36. The van der Waals surface area contributed by atoms with Gasteiger partial charge in [0.15, 0.2) is 0 Å². The molecule has 0 aromatic heterocycles. The minimum Gasteiger partial charge on any atom is -0.497 e. The van der Waals surface area contributed by atoms with Gasteiger partial charge in [0.25, 0.3) is 0 Å². The zero-order valence-corrected chi connectivity index (χ0v) is 10.1. The van der Waals surface area contributed by atoms with Gasteiger partial charge in [-0.25, -0.2) is 4.79 Å². The summed E-state index contributed by atoms with van der Waals surface area (Å²) in [5.41, 5.74) is 6.52. The van der Waals surface area contributed by atoms with Crippen LogP contribution in [0, 0.1) is 0 Å². The molecule has 0 aliphatic carbocycles. The maximum atomic E-state index is 11.3. The van der Waals surface area contributed by atoms with Crippen molar-refractivity contribution in [3.63, 3.8) is 0 Å². The molecule has 1 unspecified atom stereocenters. The highest BCUT2D eigenvalue weighted by atomic mass is 16.5. The van der Waals surface area contributed by atoms with Crippen LogP contribution < -0.4 is 15.8 Å². The quantitative estimate of drug-likeness (QED) is 0.814. The number of amides is 1. The molecule has 0 saturated carbocycles. The van der Waals surface area contributed by atoms with E-state index in [1.54, 1.807) is 14.0 Å². The number of alkyl carbamates (subject to hydrolysis) is 1. The first-order chi connectivity index (χ1) is 8.21. The van der Waals surface area contributed by atoms with Gasteiger partial charge in [-0.2, -0.15) is 0 Å².